The first-order chi connectivity index (χ1) is 10.3. The van der Waals surface area contributed by atoms with Gasteiger partial charge < -0.3 is 4.74 Å². The van der Waals surface area contributed by atoms with Crippen LogP contribution in [-0.4, -0.2) is 37.2 Å². The van der Waals surface area contributed by atoms with Crippen LogP contribution in [0.5, 0.6) is 5.88 Å². The number of methoxy groups -OCH3 is 1. The zero-order valence-electron chi connectivity index (χ0n) is 11.2. The summed E-state index contributed by atoms with van der Waals surface area (Å²) in [7, 11) is 1.59. The SMILES string of the molecule is COc1ncnc(C2CC2)c1-c1ncc2c(Br)[nH]nc2n1. The largest absolute Gasteiger partial charge is 0.480 e. The molecular formula is C13H11BrN6O. The summed E-state index contributed by atoms with van der Waals surface area (Å²) in [6.45, 7) is 0. The van der Waals surface area contributed by atoms with Gasteiger partial charge in [0.25, 0.3) is 0 Å². The molecule has 0 saturated heterocycles. The molecule has 4 rings (SSSR count). The molecule has 0 aliphatic heterocycles. The van der Waals surface area contributed by atoms with E-state index in [1.165, 1.54) is 6.33 Å². The monoisotopic (exact) mass is 346 g/mol. The molecule has 106 valence electrons. The Morgan fingerprint density at radius 3 is 2.90 bits per heavy atom. The van der Waals surface area contributed by atoms with Crippen molar-refractivity contribution in [2.24, 2.45) is 0 Å². The van der Waals surface area contributed by atoms with Crippen molar-refractivity contribution < 1.29 is 4.74 Å². The molecule has 0 spiro atoms. The fraction of sp³-hybridized carbons (Fsp3) is 0.308. The number of fused-ring (bicyclic) bond motifs is 1. The van der Waals surface area contributed by atoms with Gasteiger partial charge in [-0.2, -0.15) is 5.10 Å². The van der Waals surface area contributed by atoms with E-state index in [1.54, 1.807) is 13.3 Å². The van der Waals surface area contributed by atoms with Crippen LogP contribution in [0.25, 0.3) is 22.4 Å². The maximum Gasteiger partial charge on any atom is 0.227 e. The highest BCUT2D eigenvalue weighted by Crippen LogP contribution is 2.44. The van der Waals surface area contributed by atoms with Crippen molar-refractivity contribution in [2.45, 2.75) is 18.8 Å². The Morgan fingerprint density at radius 1 is 1.29 bits per heavy atom. The third-order valence-electron chi connectivity index (χ3n) is 3.49. The van der Waals surface area contributed by atoms with Gasteiger partial charge in [0.15, 0.2) is 11.5 Å². The van der Waals surface area contributed by atoms with Gasteiger partial charge in [-0.3, -0.25) is 5.10 Å². The van der Waals surface area contributed by atoms with Crippen LogP contribution in [0.1, 0.15) is 24.5 Å². The van der Waals surface area contributed by atoms with Crippen molar-refractivity contribution in [3.63, 3.8) is 0 Å². The lowest BCUT2D eigenvalue weighted by molar-refractivity contribution is 0.397. The van der Waals surface area contributed by atoms with E-state index in [9.17, 15) is 0 Å². The second-order valence-electron chi connectivity index (χ2n) is 4.89. The van der Waals surface area contributed by atoms with Crippen LogP contribution in [0.4, 0.5) is 0 Å². The number of nitrogens with one attached hydrogen (secondary N) is 1. The average Bonchev–Trinajstić information content (AvgIpc) is 3.31. The number of aromatic amines is 1. The fourth-order valence-electron chi connectivity index (χ4n) is 2.31. The maximum atomic E-state index is 5.37. The van der Waals surface area contributed by atoms with Gasteiger partial charge in [0.05, 0.1) is 18.2 Å². The molecule has 3 heterocycles. The van der Waals surface area contributed by atoms with Crippen molar-refractivity contribution in [1.29, 1.82) is 0 Å². The molecule has 7 nitrogen and oxygen atoms in total. The minimum Gasteiger partial charge on any atom is -0.480 e. The lowest BCUT2D eigenvalue weighted by Crippen LogP contribution is -2.02. The average molecular weight is 347 g/mol. The Morgan fingerprint density at radius 2 is 2.14 bits per heavy atom. The van der Waals surface area contributed by atoms with Gasteiger partial charge in [-0.15, -0.1) is 0 Å². The molecule has 0 radical (unpaired) electrons. The minimum absolute atomic E-state index is 0.446. The second-order valence-corrected chi connectivity index (χ2v) is 5.68. The Balaban J connectivity index is 1.94. The molecule has 3 aromatic rings. The van der Waals surface area contributed by atoms with Crippen molar-refractivity contribution in [3.8, 4) is 17.3 Å². The molecular weight excluding hydrogens is 336 g/mol. The normalized spacial score (nSPS) is 14.6. The van der Waals surface area contributed by atoms with Crippen LogP contribution in [0.3, 0.4) is 0 Å². The van der Waals surface area contributed by atoms with Crippen LogP contribution in [0.2, 0.25) is 0 Å². The smallest absolute Gasteiger partial charge is 0.227 e. The van der Waals surface area contributed by atoms with E-state index in [1.807, 2.05) is 0 Å². The van der Waals surface area contributed by atoms with E-state index in [0.29, 0.717) is 23.3 Å². The minimum atomic E-state index is 0.446. The molecule has 0 aromatic carbocycles. The third kappa shape index (κ3) is 2.06. The van der Waals surface area contributed by atoms with Gasteiger partial charge in [0.2, 0.25) is 5.88 Å². The summed E-state index contributed by atoms with van der Waals surface area (Å²) < 4.78 is 6.13. The summed E-state index contributed by atoms with van der Waals surface area (Å²) in [5.41, 5.74) is 2.32. The number of hydrogen-bond acceptors (Lipinski definition) is 6. The van der Waals surface area contributed by atoms with Gasteiger partial charge >= 0.3 is 0 Å². The highest BCUT2D eigenvalue weighted by Gasteiger charge is 2.31. The van der Waals surface area contributed by atoms with Crippen LogP contribution in [-0.2, 0) is 0 Å². The first kappa shape index (κ1) is 12.6. The molecule has 0 bridgehead atoms. The van der Waals surface area contributed by atoms with Gasteiger partial charge in [0, 0.05) is 12.1 Å². The summed E-state index contributed by atoms with van der Waals surface area (Å²) in [4.78, 5) is 17.5. The standard InChI is InChI=1S/C13H11BrN6O/c1-21-13-8(9(6-2-3-6)16-5-17-13)12-15-4-7-10(14)19-20-11(7)18-12/h4-6H,2-3H2,1H3,(H,15,18,19,20). The fourth-order valence-corrected chi connectivity index (χ4v) is 2.68. The molecule has 3 aromatic heterocycles. The molecule has 1 aliphatic carbocycles. The molecule has 0 atom stereocenters. The van der Waals surface area contributed by atoms with Crippen molar-refractivity contribution in [3.05, 3.63) is 22.8 Å². The number of halogens is 1. The van der Waals surface area contributed by atoms with E-state index >= 15 is 0 Å². The van der Waals surface area contributed by atoms with E-state index in [4.69, 9.17) is 4.74 Å². The predicted octanol–water partition coefficient (Wildman–Crippen LogP) is 2.46. The summed E-state index contributed by atoms with van der Waals surface area (Å²) in [6, 6.07) is 0. The van der Waals surface area contributed by atoms with Crippen molar-refractivity contribution in [2.75, 3.05) is 7.11 Å². The number of ether oxygens (including phenoxy) is 1. The molecule has 1 fully saturated rings. The Labute approximate surface area is 128 Å². The quantitative estimate of drug-likeness (QED) is 0.783. The van der Waals surface area contributed by atoms with Gasteiger partial charge in [-0.05, 0) is 28.8 Å². The summed E-state index contributed by atoms with van der Waals surface area (Å²) in [5.74, 6) is 1.49. The zero-order valence-corrected chi connectivity index (χ0v) is 12.8. The summed E-state index contributed by atoms with van der Waals surface area (Å²) >= 11 is 3.38. The van der Waals surface area contributed by atoms with Crippen LogP contribution in [0.15, 0.2) is 17.1 Å². The van der Waals surface area contributed by atoms with Gasteiger partial charge in [-0.1, -0.05) is 0 Å². The Kier molecular flexibility index (Phi) is 2.85. The Hall–Kier alpha value is -2.09. The van der Waals surface area contributed by atoms with Crippen molar-refractivity contribution >= 4 is 27.0 Å². The van der Waals surface area contributed by atoms with E-state index in [2.05, 4.69) is 46.1 Å². The van der Waals surface area contributed by atoms with Crippen LogP contribution in [0, 0.1) is 0 Å². The third-order valence-corrected chi connectivity index (χ3v) is 4.09. The number of hydrogen-bond donors (Lipinski definition) is 1. The Bertz CT molecular complexity index is 829. The predicted molar refractivity (Wildman–Crippen MR) is 78.9 cm³/mol. The maximum absolute atomic E-state index is 5.37. The molecule has 0 amide bonds. The van der Waals surface area contributed by atoms with Crippen molar-refractivity contribution in [1.82, 2.24) is 30.1 Å². The topological polar surface area (TPSA) is 89.5 Å². The highest BCUT2D eigenvalue weighted by molar-refractivity contribution is 9.10. The summed E-state index contributed by atoms with van der Waals surface area (Å²) in [5, 5.41) is 7.82. The lowest BCUT2D eigenvalue weighted by atomic mass is 10.1. The molecule has 1 saturated carbocycles. The van der Waals surface area contributed by atoms with Gasteiger partial charge in [-0.25, -0.2) is 19.9 Å². The van der Waals surface area contributed by atoms with Crippen LogP contribution < -0.4 is 4.74 Å². The number of nitrogens with zero attached hydrogens (tertiary/aromatic N) is 5. The molecule has 0 unspecified atom stereocenters. The second kappa shape index (κ2) is 4.73. The zero-order chi connectivity index (χ0) is 14.4. The highest BCUT2D eigenvalue weighted by atomic mass is 79.9. The number of H-pyrrole nitrogens is 1. The number of rotatable bonds is 3. The molecule has 8 heteroatoms. The number of aromatic nitrogens is 6. The molecule has 1 aliphatic rings. The first-order valence-corrected chi connectivity index (χ1v) is 7.33. The van der Waals surface area contributed by atoms with E-state index in [-0.39, 0.29) is 0 Å². The first-order valence-electron chi connectivity index (χ1n) is 6.54. The molecule has 1 N–H and O–H groups in total. The van der Waals surface area contributed by atoms with E-state index < -0.39 is 0 Å². The van der Waals surface area contributed by atoms with Gasteiger partial charge in [0.1, 0.15) is 16.5 Å². The van der Waals surface area contributed by atoms with Crippen LogP contribution >= 0.6 is 15.9 Å². The van der Waals surface area contributed by atoms with E-state index in [0.717, 1.165) is 34.1 Å². The summed E-state index contributed by atoms with van der Waals surface area (Å²) in [6.07, 6.45) is 5.51. The molecule has 21 heavy (non-hydrogen) atoms. The lowest BCUT2D eigenvalue weighted by Gasteiger charge is -2.10.